The van der Waals surface area contributed by atoms with Gasteiger partial charge < -0.3 is 9.47 Å². The molecule has 1 saturated carbocycles. The van der Waals surface area contributed by atoms with Gasteiger partial charge in [0.1, 0.15) is 0 Å². The first-order valence-electron chi connectivity index (χ1n) is 16.1. The first kappa shape index (κ1) is 33.1. The molecule has 1 saturated heterocycles. The van der Waals surface area contributed by atoms with Crippen molar-refractivity contribution in [2.24, 2.45) is 10.8 Å². The summed E-state index contributed by atoms with van der Waals surface area (Å²) in [5.41, 5.74) is 5.94. The van der Waals surface area contributed by atoms with Gasteiger partial charge in [0.15, 0.2) is 6.29 Å². The maximum atomic E-state index is 6.42. The Morgan fingerprint density at radius 2 is 1.07 bits per heavy atom. The van der Waals surface area contributed by atoms with E-state index in [1.54, 1.807) is 0 Å². The van der Waals surface area contributed by atoms with Crippen molar-refractivity contribution >= 4 is 0 Å². The second kappa shape index (κ2) is 14.8. The van der Waals surface area contributed by atoms with E-state index >= 15 is 0 Å². The van der Waals surface area contributed by atoms with Crippen LogP contribution in [0.1, 0.15) is 146 Å². The van der Waals surface area contributed by atoms with Gasteiger partial charge in [-0.25, -0.2) is 0 Å². The molecule has 0 spiro atoms. The van der Waals surface area contributed by atoms with Crippen LogP contribution in [0.25, 0.3) is 0 Å². The average Bonchev–Trinajstić information content (AvgIpc) is 3.56. The molecular formula is C42H46O2. The molecule has 0 amide bonds. The van der Waals surface area contributed by atoms with E-state index in [0.717, 1.165) is 83.9 Å². The maximum Gasteiger partial charge on any atom is 0.185 e. The molecule has 0 radical (unpaired) electrons. The van der Waals surface area contributed by atoms with Crippen LogP contribution in [0.3, 0.4) is 0 Å². The summed E-state index contributed by atoms with van der Waals surface area (Å²) >= 11 is 0. The molecule has 2 aromatic carbocycles. The van der Waals surface area contributed by atoms with Crippen molar-refractivity contribution in [3.8, 4) is 59.2 Å². The molecule has 0 bridgehead atoms. The quantitative estimate of drug-likeness (QED) is 0.336. The van der Waals surface area contributed by atoms with E-state index in [1.807, 2.05) is 0 Å². The van der Waals surface area contributed by atoms with Crippen molar-refractivity contribution in [2.75, 3.05) is 0 Å². The van der Waals surface area contributed by atoms with E-state index in [9.17, 15) is 0 Å². The highest BCUT2D eigenvalue weighted by molar-refractivity contribution is 5.60. The third-order valence-corrected chi connectivity index (χ3v) is 7.07. The Bertz CT molecular complexity index is 1610. The molecular weight excluding hydrogens is 536 g/mol. The van der Waals surface area contributed by atoms with E-state index in [1.165, 1.54) is 0 Å². The van der Waals surface area contributed by atoms with Gasteiger partial charge in [0.05, 0.1) is 12.2 Å². The normalized spacial score (nSPS) is 18.6. The topological polar surface area (TPSA) is 18.5 Å². The van der Waals surface area contributed by atoms with Gasteiger partial charge in [0.25, 0.3) is 0 Å². The Hall–Kier alpha value is -3.84. The molecule has 2 aliphatic rings. The lowest BCUT2D eigenvalue weighted by Gasteiger charge is -2.16. The second-order valence-corrected chi connectivity index (χ2v) is 13.7. The fraction of sp³-hybridized carbons (Fsp3) is 0.476. The summed E-state index contributed by atoms with van der Waals surface area (Å²) in [6, 6.07) is 10.3. The minimum absolute atomic E-state index is 0.148. The van der Waals surface area contributed by atoms with Gasteiger partial charge in [-0.3, -0.25) is 0 Å². The molecule has 2 heteroatoms. The summed E-state index contributed by atoms with van der Waals surface area (Å²) < 4.78 is 12.8. The van der Waals surface area contributed by atoms with Gasteiger partial charge in [-0.15, -0.1) is 0 Å². The van der Waals surface area contributed by atoms with E-state index in [-0.39, 0.29) is 23.0 Å². The van der Waals surface area contributed by atoms with Crippen molar-refractivity contribution in [1.29, 1.82) is 0 Å². The zero-order chi connectivity index (χ0) is 31.7. The van der Waals surface area contributed by atoms with Crippen molar-refractivity contribution in [1.82, 2.24) is 0 Å². The monoisotopic (exact) mass is 582 g/mol. The summed E-state index contributed by atoms with van der Waals surface area (Å²) in [5, 5.41) is 0. The molecule has 0 N–H and O–H groups in total. The highest BCUT2D eigenvalue weighted by atomic mass is 16.7. The lowest BCUT2D eigenvalue weighted by Crippen LogP contribution is -2.13. The molecule has 1 aliphatic heterocycles. The van der Waals surface area contributed by atoms with E-state index < -0.39 is 6.29 Å². The number of rotatable bonds is 3. The van der Waals surface area contributed by atoms with Gasteiger partial charge in [0, 0.05) is 62.6 Å². The number of fused-ring (bicyclic) bond motifs is 1. The summed E-state index contributed by atoms with van der Waals surface area (Å²) in [7, 11) is 0. The fourth-order valence-electron chi connectivity index (χ4n) is 4.90. The van der Waals surface area contributed by atoms with Crippen molar-refractivity contribution in [3.63, 3.8) is 0 Å². The third kappa shape index (κ3) is 9.84. The van der Waals surface area contributed by atoms with Gasteiger partial charge in [-0.2, -0.15) is 0 Å². The minimum atomic E-state index is -0.450. The predicted octanol–water partition coefficient (Wildman–Crippen LogP) is 9.15. The molecule has 2 fully saturated rings. The average molecular weight is 583 g/mol. The lowest BCUT2D eigenvalue weighted by molar-refractivity contribution is -0.0753. The van der Waals surface area contributed by atoms with E-state index in [0.29, 0.717) is 0 Å². The zero-order valence-corrected chi connectivity index (χ0v) is 27.9. The van der Waals surface area contributed by atoms with Crippen LogP contribution in [0.5, 0.6) is 0 Å². The SMILES string of the molecule is CCCC#Cc1cc(C#CCCC)cc(C#Cc2cc(C#CC(C)(C)C)c(C3O[C@H]4CCC[C@H]4O3)cc2C#CC(C)(C)C)c1. The van der Waals surface area contributed by atoms with Gasteiger partial charge in [-0.1, -0.05) is 73.1 Å². The Labute approximate surface area is 267 Å². The van der Waals surface area contributed by atoms with Crippen molar-refractivity contribution < 1.29 is 9.47 Å². The van der Waals surface area contributed by atoms with Crippen LogP contribution in [-0.2, 0) is 9.47 Å². The molecule has 2 aromatic rings. The predicted molar refractivity (Wildman–Crippen MR) is 181 cm³/mol. The first-order chi connectivity index (χ1) is 20.9. The number of benzene rings is 2. The molecule has 44 heavy (non-hydrogen) atoms. The molecule has 0 aromatic heterocycles. The molecule has 1 aliphatic carbocycles. The van der Waals surface area contributed by atoms with Crippen molar-refractivity contribution in [2.45, 2.75) is 119 Å². The second-order valence-electron chi connectivity index (χ2n) is 13.7. The molecule has 1 heterocycles. The van der Waals surface area contributed by atoms with Gasteiger partial charge in [0.2, 0.25) is 0 Å². The van der Waals surface area contributed by atoms with Crippen LogP contribution >= 0.6 is 0 Å². The summed E-state index contributed by atoms with van der Waals surface area (Å²) in [6.07, 6.45) is 6.86. The van der Waals surface area contributed by atoms with Crippen molar-refractivity contribution in [3.05, 3.63) is 69.3 Å². The lowest BCUT2D eigenvalue weighted by atomic mass is 9.93. The molecule has 3 atom stereocenters. The Morgan fingerprint density at radius 1 is 0.591 bits per heavy atom. The maximum absolute atomic E-state index is 6.42. The van der Waals surface area contributed by atoms with Crippen LogP contribution in [0.15, 0.2) is 30.3 Å². The third-order valence-electron chi connectivity index (χ3n) is 7.07. The van der Waals surface area contributed by atoms with Crippen LogP contribution in [0.4, 0.5) is 0 Å². The number of ether oxygens (including phenoxy) is 2. The number of unbranched alkanes of at least 4 members (excludes halogenated alkanes) is 2. The van der Waals surface area contributed by atoms with Crippen LogP contribution in [0.2, 0.25) is 0 Å². The Kier molecular flexibility index (Phi) is 11.1. The number of hydrogen-bond acceptors (Lipinski definition) is 2. The van der Waals surface area contributed by atoms with Crippen LogP contribution in [-0.4, -0.2) is 12.2 Å². The standard InChI is InChI=1S/C42H46O2/c1-9-11-13-16-31-26-32(17-14-12-10-2)28-33(27-31)20-21-34-29-36(23-25-42(6,7)8)37(30-35(34)22-24-41(3,4)5)40-43-38-18-15-19-39(38)44-40/h26-30,38-40H,9-12,15,18-19H2,1-8H3/t38-,39+,40?. The molecule has 1 unspecified atom stereocenters. The summed E-state index contributed by atoms with van der Waals surface area (Å²) in [6.45, 7) is 17.0. The largest absolute Gasteiger partial charge is 0.342 e. The molecule has 226 valence electrons. The first-order valence-corrected chi connectivity index (χ1v) is 16.1. The summed E-state index contributed by atoms with van der Waals surface area (Å²) in [5.74, 6) is 33.7. The van der Waals surface area contributed by atoms with Crippen LogP contribution < -0.4 is 0 Å². The van der Waals surface area contributed by atoms with Gasteiger partial charge >= 0.3 is 0 Å². The minimum Gasteiger partial charge on any atom is -0.342 e. The Balaban J connectivity index is 1.85. The fourth-order valence-corrected chi connectivity index (χ4v) is 4.90. The Morgan fingerprint density at radius 3 is 1.57 bits per heavy atom. The zero-order valence-electron chi connectivity index (χ0n) is 27.9. The highest BCUT2D eigenvalue weighted by Crippen LogP contribution is 2.41. The van der Waals surface area contributed by atoms with E-state index in [4.69, 9.17) is 9.47 Å². The summed E-state index contributed by atoms with van der Waals surface area (Å²) in [4.78, 5) is 0. The number of hydrogen-bond donors (Lipinski definition) is 0. The smallest absolute Gasteiger partial charge is 0.185 e. The highest BCUT2D eigenvalue weighted by Gasteiger charge is 2.40. The van der Waals surface area contributed by atoms with E-state index in [2.05, 4.69) is 145 Å². The van der Waals surface area contributed by atoms with Crippen LogP contribution in [0, 0.1) is 70.0 Å². The van der Waals surface area contributed by atoms with Gasteiger partial charge in [-0.05, 0) is 104 Å². The molecule has 4 rings (SSSR count). The molecule has 2 nitrogen and oxygen atoms in total.